The molecule has 6 heteroatoms. The Balaban J connectivity index is 1.77. The summed E-state index contributed by atoms with van der Waals surface area (Å²) in [5, 5.41) is 0.989. The number of rotatable bonds is 8. The number of para-hydroxylation sites is 1. The lowest BCUT2D eigenvalue weighted by atomic mass is 10.1. The monoisotopic (exact) mass is 385 g/mol. The zero-order valence-electron chi connectivity index (χ0n) is 16.5. The van der Waals surface area contributed by atoms with E-state index in [1.54, 1.807) is 11.0 Å². The van der Waals surface area contributed by atoms with Gasteiger partial charge in [-0.05, 0) is 25.0 Å². The Morgan fingerprint density at radius 2 is 2.14 bits per heavy atom. The van der Waals surface area contributed by atoms with Crippen LogP contribution < -0.4 is 0 Å². The zero-order valence-corrected chi connectivity index (χ0v) is 16.5. The van der Waals surface area contributed by atoms with Crippen molar-refractivity contribution in [3.8, 4) is 0 Å². The molecule has 3 rings (SSSR count). The standard InChI is InChI=1S/C22H27NO5/c1-3-19-18(17-8-4-5-9-20(17)28-19)10-11-21(24)23(13-12-22(25)26-2)15-16-7-6-14-27-16/h4-5,8-11,16H,3,6-7,12-15H2,1-2H3. The lowest BCUT2D eigenvalue weighted by molar-refractivity contribution is -0.141. The Kier molecular flexibility index (Phi) is 6.87. The highest BCUT2D eigenvalue weighted by atomic mass is 16.5. The molecule has 28 heavy (non-hydrogen) atoms. The Hall–Kier alpha value is -2.60. The molecule has 0 saturated carbocycles. The van der Waals surface area contributed by atoms with Crippen molar-refractivity contribution in [3.63, 3.8) is 0 Å². The molecule has 1 aliphatic heterocycles. The fraction of sp³-hybridized carbons (Fsp3) is 0.455. The van der Waals surface area contributed by atoms with E-state index in [9.17, 15) is 9.59 Å². The first-order chi connectivity index (χ1) is 13.6. The summed E-state index contributed by atoms with van der Waals surface area (Å²) in [7, 11) is 1.35. The second-order valence-corrected chi connectivity index (χ2v) is 6.87. The highest BCUT2D eigenvalue weighted by Crippen LogP contribution is 2.27. The van der Waals surface area contributed by atoms with Crippen LogP contribution in [0.5, 0.6) is 0 Å². The number of hydrogen-bond donors (Lipinski definition) is 0. The van der Waals surface area contributed by atoms with Crippen LogP contribution in [0, 0.1) is 0 Å². The molecule has 0 spiro atoms. The van der Waals surface area contributed by atoms with E-state index in [4.69, 9.17) is 13.9 Å². The van der Waals surface area contributed by atoms with Crippen LogP contribution in [-0.4, -0.2) is 49.7 Å². The molecule has 1 unspecified atom stereocenters. The maximum atomic E-state index is 12.9. The maximum Gasteiger partial charge on any atom is 0.307 e. The van der Waals surface area contributed by atoms with Crippen LogP contribution in [0.4, 0.5) is 0 Å². The lowest BCUT2D eigenvalue weighted by Gasteiger charge is -2.24. The molecule has 2 aromatic rings. The highest BCUT2D eigenvalue weighted by Gasteiger charge is 2.22. The summed E-state index contributed by atoms with van der Waals surface area (Å²) in [6.45, 7) is 3.53. The van der Waals surface area contributed by atoms with Gasteiger partial charge in [-0.3, -0.25) is 9.59 Å². The number of amides is 1. The first-order valence-electron chi connectivity index (χ1n) is 9.78. The van der Waals surface area contributed by atoms with Crippen molar-refractivity contribution in [3.05, 3.63) is 41.7 Å². The summed E-state index contributed by atoms with van der Waals surface area (Å²) in [5.41, 5.74) is 1.74. The second kappa shape index (κ2) is 9.55. The van der Waals surface area contributed by atoms with Gasteiger partial charge >= 0.3 is 5.97 Å². The van der Waals surface area contributed by atoms with Gasteiger partial charge in [-0.1, -0.05) is 25.1 Å². The van der Waals surface area contributed by atoms with Gasteiger partial charge in [0.25, 0.3) is 0 Å². The summed E-state index contributed by atoms with van der Waals surface area (Å²) in [5.74, 6) is 0.375. The molecule has 1 aliphatic rings. The quantitative estimate of drug-likeness (QED) is 0.513. The number of nitrogens with zero attached hydrogens (tertiary/aromatic N) is 1. The van der Waals surface area contributed by atoms with E-state index >= 15 is 0 Å². The van der Waals surface area contributed by atoms with Crippen molar-refractivity contribution in [1.29, 1.82) is 0 Å². The SMILES string of the molecule is CCc1oc2ccccc2c1C=CC(=O)N(CCC(=O)OC)CC1CCCO1. The number of esters is 1. The van der Waals surface area contributed by atoms with Gasteiger partial charge in [0.15, 0.2) is 0 Å². The normalized spacial score (nSPS) is 16.7. The molecule has 1 atom stereocenters. The average Bonchev–Trinajstić information content (AvgIpc) is 3.36. The summed E-state index contributed by atoms with van der Waals surface area (Å²) in [6.07, 6.45) is 6.23. The van der Waals surface area contributed by atoms with E-state index in [1.807, 2.05) is 37.3 Å². The van der Waals surface area contributed by atoms with E-state index in [0.29, 0.717) is 13.1 Å². The lowest BCUT2D eigenvalue weighted by Crippen LogP contribution is -2.37. The van der Waals surface area contributed by atoms with Gasteiger partial charge in [-0.15, -0.1) is 0 Å². The average molecular weight is 385 g/mol. The van der Waals surface area contributed by atoms with Crippen molar-refractivity contribution in [2.75, 3.05) is 26.8 Å². The molecule has 1 aromatic heterocycles. The minimum atomic E-state index is -0.330. The number of hydrogen-bond acceptors (Lipinski definition) is 5. The number of benzene rings is 1. The Labute approximate surface area is 165 Å². The van der Waals surface area contributed by atoms with Crippen LogP contribution in [0.1, 0.15) is 37.5 Å². The van der Waals surface area contributed by atoms with E-state index < -0.39 is 0 Å². The Morgan fingerprint density at radius 3 is 2.86 bits per heavy atom. The zero-order chi connectivity index (χ0) is 19.9. The van der Waals surface area contributed by atoms with Crippen LogP contribution in [0.25, 0.3) is 17.0 Å². The number of ether oxygens (including phenoxy) is 2. The van der Waals surface area contributed by atoms with Crippen molar-refractivity contribution < 1.29 is 23.5 Å². The number of furan rings is 1. The molecule has 0 bridgehead atoms. The number of carbonyl (C=O) groups is 2. The fourth-order valence-corrected chi connectivity index (χ4v) is 3.48. The van der Waals surface area contributed by atoms with Crippen LogP contribution in [0.15, 0.2) is 34.8 Å². The van der Waals surface area contributed by atoms with Gasteiger partial charge in [-0.2, -0.15) is 0 Å². The third kappa shape index (κ3) is 4.81. The smallest absolute Gasteiger partial charge is 0.307 e. The fourth-order valence-electron chi connectivity index (χ4n) is 3.48. The number of methoxy groups -OCH3 is 1. The minimum absolute atomic E-state index is 0.0240. The molecule has 150 valence electrons. The molecule has 1 fully saturated rings. The number of fused-ring (bicyclic) bond motifs is 1. The van der Waals surface area contributed by atoms with Gasteiger partial charge in [0.05, 0.1) is 19.6 Å². The molecular weight excluding hydrogens is 358 g/mol. The molecule has 0 aliphatic carbocycles. The van der Waals surface area contributed by atoms with Crippen LogP contribution in [0.3, 0.4) is 0 Å². The predicted molar refractivity (Wildman–Crippen MR) is 107 cm³/mol. The molecule has 1 saturated heterocycles. The second-order valence-electron chi connectivity index (χ2n) is 6.87. The van der Waals surface area contributed by atoms with Crippen molar-refractivity contribution in [1.82, 2.24) is 4.90 Å². The third-order valence-electron chi connectivity index (χ3n) is 5.00. The Morgan fingerprint density at radius 1 is 1.32 bits per heavy atom. The topological polar surface area (TPSA) is 69.0 Å². The van der Waals surface area contributed by atoms with Crippen molar-refractivity contribution in [2.45, 2.75) is 38.7 Å². The predicted octanol–water partition coefficient (Wildman–Crippen LogP) is 3.58. The Bertz CT molecular complexity index is 848. The molecular formula is C22H27NO5. The highest BCUT2D eigenvalue weighted by molar-refractivity contribution is 5.96. The maximum absolute atomic E-state index is 12.9. The van der Waals surface area contributed by atoms with Gasteiger partial charge < -0.3 is 18.8 Å². The van der Waals surface area contributed by atoms with Crippen molar-refractivity contribution >= 4 is 28.9 Å². The van der Waals surface area contributed by atoms with Gasteiger partial charge in [0, 0.05) is 43.1 Å². The summed E-state index contributed by atoms with van der Waals surface area (Å²) in [4.78, 5) is 26.1. The van der Waals surface area contributed by atoms with Gasteiger partial charge in [0.1, 0.15) is 11.3 Å². The van der Waals surface area contributed by atoms with E-state index in [0.717, 1.165) is 48.2 Å². The molecule has 1 amide bonds. The minimum Gasteiger partial charge on any atom is -0.469 e. The third-order valence-corrected chi connectivity index (χ3v) is 5.00. The summed E-state index contributed by atoms with van der Waals surface area (Å²) in [6, 6.07) is 7.80. The van der Waals surface area contributed by atoms with Crippen molar-refractivity contribution in [2.24, 2.45) is 0 Å². The molecule has 0 N–H and O–H groups in total. The van der Waals surface area contributed by atoms with E-state index in [1.165, 1.54) is 7.11 Å². The largest absolute Gasteiger partial charge is 0.469 e. The van der Waals surface area contributed by atoms with Crippen LogP contribution in [0.2, 0.25) is 0 Å². The molecule has 6 nitrogen and oxygen atoms in total. The van der Waals surface area contributed by atoms with Crippen LogP contribution in [-0.2, 0) is 25.5 Å². The van der Waals surface area contributed by atoms with Crippen LogP contribution >= 0.6 is 0 Å². The summed E-state index contributed by atoms with van der Waals surface area (Å²) < 4.78 is 16.3. The number of carbonyl (C=O) groups excluding carboxylic acids is 2. The van der Waals surface area contributed by atoms with Gasteiger partial charge in [0.2, 0.25) is 5.91 Å². The molecule has 0 radical (unpaired) electrons. The van der Waals surface area contributed by atoms with E-state index in [-0.39, 0.29) is 24.4 Å². The van der Waals surface area contributed by atoms with E-state index in [2.05, 4.69) is 0 Å². The summed E-state index contributed by atoms with van der Waals surface area (Å²) >= 11 is 0. The van der Waals surface area contributed by atoms with Gasteiger partial charge in [-0.25, -0.2) is 0 Å². The molecule has 1 aromatic carbocycles. The number of aryl methyl sites for hydroxylation is 1. The molecule has 2 heterocycles. The first kappa shape index (κ1) is 20.1. The first-order valence-corrected chi connectivity index (χ1v) is 9.78.